The highest BCUT2D eigenvalue weighted by Gasteiger charge is 2.49. The van der Waals surface area contributed by atoms with E-state index in [0.717, 1.165) is 18.4 Å². The maximum absolute atomic E-state index is 12.5. The van der Waals surface area contributed by atoms with Crippen molar-refractivity contribution in [2.24, 2.45) is 0 Å². The quantitative estimate of drug-likeness (QED) is 0.894. The minimum Gasteiger partial charge on any atom is -0.479 e. The van der Waals surface area contributed by atoms with Gasteiger partial charge in [0.25, 0.3) is 0 Å². The lowest BCUT2D eigenvalue weighted by Gasteiger charge is -2.34. The van der Waals surface area contributed by atoms with Crippen molar-refractivity contribution in [3.8, 4) is 0 Å². The molecule has 0 aliphatic carbocycles. The van der Waals surface area contributed by atoms with E-state index in [-0.39, 0.29) is 6.03 Å². The van der Waals surface area contributed by atoms with Crippen LogP contribution < -0.4 is 5.32 Å². The Bertz CT molecular complexity index is 544. The smallest absolute Gasteiger partial charge is 0.329 e. The molecule has 2 amide bonds. The van der Waals surface area contributed by atoms with Gasteiger partial charge in [-0.25, -0.2) is 9.59 Å². The second-order valence-electron chi connectivity index (χ2n) is 5.64. The van der Waals surface area contributed by atoms with Crippen molar-refractivity contribution in [2.45, 2.75) is 45.1 Å². The molecule has 1 heterocycles. The monoisotopic (exact) mass is 290 g/mol. The summed E-state index contributed by atoms with van der Waals surface area (Å²) in [4.78, 5) is 25.7. The summed E-state index contributed by atoms with van der Waals surface area (Å²) >= 11 is 0. The average molecular weight is 290 g/mol. The average Bonchev–Trinajstić information content (AvgIpc) is 2.84. The molecule has 1 saturated heterocycles. The first-order chi connectivity index (χ1) is 9.99. The molecular formula is C16H22N2O3. The highest BCUT2D eigenvalue weighted by molar-refractivity contribution is 5.94. The van der Waals surface area contributed by atoms with Crippen molar-refractivity contribution in [1.29, 1.82) is 0 Å². The fourth-order valence-electron chi connectivity index (χ4n) is 3.09. The molecule has 0 bridgehead atoms. The van der Waals surface area contributed by atoms with Crippen LogP contribution in [0.15, 0.2) is 24.3 Å². The number of benzene rings is 1. The number of anilines is 1. The molecule has 1 fully saturated rings. The van der Waals surface area contributed by atoms with Gasteiger partial charge in [-0.2, -0.15) is 0 Å². The van der Waals surface area contributed by atoms with Gasteiger partial charge in [-0.15, -0.1) is 0 Å². The third kappa shape index (κ3) is 3.01. The Morgan fingerprint density at radius 3 is 2.81 bits per heavy atom. The molecule has 21 heavy (non-hydrogen) atoms. The number of carbonyl (C=O) groups is 2. The Labute approximate surface area is 125 Å². The zero-order valence-corrected chi connectivity index (χ0v) is 12.6. The molecule has 1 atom stereocenters. The standard InChI is InChI=1S/C16H22N2O3/c1-3-8-16(14(19)20)9-5-10-18(16)15(21)17-13-7-4-6-12(2)11-13/h4,6-7,11H,3,5,8-10H2,1-2H3,(H,17,21)(H,19,20). The van der Waals surface area contributed by atoms with E-state index in [4.69, 9.17) is 0 Å². The molecule has 2 rings (SSSR count). The van der Waals surface area contributed by atoms with Crippen molar-refractivity contribution in [3.63, 3.8) is 0 Å². The second-order valence-corrected chi connectivity index (χ2v) is 5.64. The normalized spacial score (nSPS) is 21.3. The Balaban J connectivity index is 2.19. The number of hydrogen-bond acceptors (Lipinski definition) is 2. The highest BCUT2D eigenvalue weighted by Crippen LogP contribution is 2.34. The third-order valence-electron chi connectivity index (χ3n) is 4.06. The molecule has 114 valence electrons. The number of nitrogens with zero attached hydrogens (tertiary/aromatic N) is 1. The van der Waals surface area contributed by atoms with Gasteiger partial charge in [-0.3, -0.25) is 0 Å². The molecule has 1 aromatic rings. The van der Waals surface area contributed by atoms with Gasteiger partial charge in [-0.1, -0.05) is 25.5 Å². The van der Waals surface area contributed by atoms with Crippen molar-refractivity contribution in [1.82, 2.24) is 4.90 Å². The minimum atomic E-state index is -1.05. The number of rotatable bonds is 4. The van der Waals surface area contributed by atoms with Crippen LogP contribution in [0.25, 0.3) is 0 Å². The largest absolute Gasteiger partial charge is 0.479 e. The van der Waals surface area contributed by atoms with Crippen LogP contribution in [-0.4, -0.2) is 34.1 Å². The van der Waals surface area contributed by atoms with Crippen molar-refractivity contribution >= 4 is 17.7 Å². The van der Waals surface area contributed by atoms with Gasteiger partial charge >= 0.3 is 12.0 Å². The van der Waals surface area contributed by atoms with Gasteiger partial charge < -0.3 is 15.3 Å². The van der Waals surface area contributed by atoms with E-state index in [9.17, 15) is 14.7 Å². The number of nitrogens with one attached hydrogen (secondary N) is 1. The van der Waals surface area contributed by atoms with Crippen LogP contribution in [0.1, 0.15) is 38.2 Å². The molecule has 0 spiro atoms. The topological polar surface area (TPSA) is 69.6 Å². The van der Waals surface area contributed by atoms with Crippen LogP contribution >= 0.6 is 0 Å². The summed E-state index contributed by atoms with van der Waals surface area (Å²) < 4.78 is 0. The number of hydrogen-bond donors (Lipinski definition) is 2. The van der Waals surface area contributed by atoms with Crippen molar-refractivity contribution in [3.05, 3.63) is 29.8 Å². The van der Waals surface area contributed by atoms with E-state index in [0.29, 0.717) is 25.1 Å². The summed E-state index contributed by atoms with van der Waals surface area (Å²) in [6.07, 6.45) is 2.48. The van der Waals surface area contributed by atoms with E-state index in [1.165, 1.54) is 4.90 Å². The Hall–Kier alpha value is -2.04. The number of carboxylic acid groups (broad SMARTS) is 1. The molecule has 0 saturated carbocycles. The Morgan fingerprint density at radius 2 is 2.19 bits per heavy atom. The zero-order chi connectivity index (χ0) is 15.5. The van der Waals surface area contributed by atoms with E-state index < -0.39 is 11.5 Å². The molecule has 5 heteroatoms. The molecule has 0 aromatic heterocycles. The highest BCUT2D eigenvalue weighted by atomic mass is 16.4. The summed E-state index contributed by atoms with van der Waals surface area (Å²) in [5.41, 5.74) is 0.692. The Kier molecular flexibility index (Phi) is 4.50. The summed E-state index contributed by atoms with van der Waals surface area (Å²) in [5.74, 6) is -0.902. The lowest BCUT2D eigenvalue weighted by molar-refractivity contribution is -0.148. The first-order valence-corrected chi connectivity index (χ1v) is 7.38. The van der Waals surface area contributed by atoms with Crippen LogP contribution in [0.5, 0.6) is 0 Å². The number of likely N-dealkylation sites (tertiary alicyclic amines) is 1. The van der Waals surface area contributed by atoms with E-state index >= 15 is 0 Å². The second kappa shape index (κ2) is 6.16. The Morgan fingerprint density at radius 1 is 1.43 bits per heavy atom. The van der Waals surface area contributed by atoms with Gasteiger partial charge in [-0.05, 0) is 43.9 Å². The number of carbonyl (C=O) groups excluding carboxylic acids is 1. The fraction of sp³-hybridized carbons (Fsp3) is 0.500. The number of carboxylic acids is 1. The molecule has 1 unspecified atom stereocenters. The van der Waals surface area contributed by atoms with Gasteiger partial charge in [0.15, 0.2) is 0 Å². The summed E-state index contributed by atoms with van der Waals surface area (Å²) in [6, 6.07) is 7.17. The van der Waals surface area contributed by atoms with E-state index in [1.54, 1.807) is 0 Å². The molecule has 1 aliphatic heterocycles. The van der Waals surface area contributed by atoms with Crippen LogP contribution in [0.4, 0.5) is 10.5 Å². The first kappa shape index (κ1) is 15.4. The van der Waals surface area contributed by atoms with Crippen LogP contribution in [0, 0.1) is 6.92 Å². The molecular weight excluding hydrogens is 268 g/mol. The van der Waals surface area contributed by atoms with Gasteiger partial charge in [0.1, 0.15) is 5.54 Å². The first-order valence-electron chi connectivity index (χ1n) is 7.38. The molecule has 0 radical (unpaired) electrons. The van der Waals surface area contributed by atoms with Gasteiger partial charge in [0.05, 0.1) is 0 Å². The summed E-state index contributed by atoms with van der Waals surface area (Å²) in [6.45, 7) is 4.38. The molecule has 1 aromatic carbocycles. The molecule has 2 N–H and O–H groups in total. The van der Waals surface area contributed by atoms with Crippen LogP contribution in [0.2, 0.25) is 0 Å². The fourth-order valence-corrected chi connectivity index (χ4v) is 3.09. The zero-order valence-electron chi connectivity index (χ0n) is 12.6. The van der Waals surface area contributed by atoms with Crippen LogP contribution in [0.3, 0.4) is 0 Å². The van der Waals surface area contributed by atoms with Gasteiger partial charge in [0.2, 0.25) is 0 Å². The predicted octanol–water partition coefficient (Wildman–Crippen LogP) is 3.25. The minimum absolute atomic E-state index is 0.325. The maximum atomic E-state index is 12.5. The number of urea groups is 1. The lowest BCUT2D eigenvalue weighted by atomic mass is 9.91. The maximum Gasteiger partial charge on any atom is 0.329 e. The SMILES string of the molecule is CCCC1(C(=O)O)CCCN1C(=O)Nc1cccc(C)c1. The van der Waals surface area contributed by atoms with E-state index in [2.05, 4.69) is 5.32 Å². The summed E-state index contributed by atoms with van der Waals surface area (Å²) in [7, 11) is 0. The molecule has 1 aliphatic rings. The molecule has 5 nitrogen and oxygen atoms in total. The van der Waals surface area contributed by atoms with Crippen LogP contribution in [-0.2, 0) is 4.79 Å². The van der Waals surface area contributed by atoms with E-state index in [1.807, 2.05) is 38.1 Å². The number of aryl methyl sites for hydroxylation is 1. The number of amides is 2. The lowest BCUT2D eigenvalue weighted by Crippen LogP contribution is -2.54. The predicted molar refractivity (Wildman–Crippen MR) is 81.4 cm³/mol. The summed E-state index contributed by atoms with van der Waals surface area (Å²) in [5, 5.41) is 12.4. The van der Waals surface area contributed by atoms with Crippen molar-refractivity contribution < 1.29 is 14.7 Å². The van der Waals surface area contributed by atoms with Gasteiger partial charge in [0, 0.05) is 12.2 Å². The number of aliphatic carboxylic acids is 1. The third-order valence-corrected chi connectivity index (χ3v) is 4.06. The van der Waals surface area contributed by atoms with Crippen molar-refractivity contribution in [2.75, 3.05) is 11.9 Å².